The van der Waals surface area contributed by atoms with Crippen LogP contribution >= 0.6 is 0 Å². The minimum atomic E-state index is -0.422. The van der Waals surface area contributed by atoms with Crippen molar-refractivity contribution in [2.24, 2.45) is 5.41 Å². The monoisotopic (exact) mass is 288 g/mol. The first-order chi connectivity index (χ1) is 9.40. The molecule has 5 heteroatoms. The van der Waals surface area contributed by atoms with E-state index in [-0.39, 0.29) is 12.6 Å². The molecule has 0 amide bonds. The van der Waals surface area contributed by atoms with E-state index < -0.39 is 5.41 Å². The zero-order valence-corrected chi connectivity index (χ0v) is 13.2. The first kappa shape index (κ1) is 19.1. The molecular formula is C15H28O5. The van der Waals surface area contributed by atoms with Gasteiger partial charge >= 0.3 is 5.97 Å². The van der Waals surface area contributed by atoms with Crippen LogP contribution in [0.2, 0.25) is 0 Å². The van der Waals surface area contributed by atoms with Gasteiger partial charge in [0.1, 0.15) is 13.2 Å². The summed E-state index contributed by atoms with van der Waals surface area (Å²) in [5.41, 5.74) is 0.493. The summed E-state index contributed by atoms with van der Waals surface area (Å²) in [5.74, 6) is -0.180. The molecule has 0 bridgehead atoms. The molecule has 118 valence electrons. The Balaban J connectivity index is 3.33. The SMILES string of the molecule is C=C(C)COOCCCOCCOC(=O)C(C)(C)CC. The highest BCUT2D eigenvalue weighted by atomic mass is 17.2. The third kappa shape index (κ3) is 9.95. The Morgan fingerprint density at radius 2 is 1.80 bits per heavy atom. The van der Waals surface area contributed by atoms with Crippen molar-refractivity contribution in [2.45, 2.75) is 40.5 Å². The van der Waals surface area contributed by atoms with Crippen molar-refractivity contribution in [1.82, 2.24) is 0 Å². The second-order valence-electron chi connectivity index (χ2n) is 5.38. The van der Waals surface area contributed by atoms with Gasteiger partial charge in [-0.25, -0.2) is 9.78 Å². The smallest absolute Gasteiger partial charge is 0.311 e. The number of carbonyl (C=O) groups excluding carboxylic acids is 1. The van der Waals surface area contributed by atoms with Gasteiger partial charge in [0, 0.05) is 6.61 Å². The van der Waals surface area contributed by atoms with Crippen molar-refractivity contribution >= 4 is 5.97 Å². The molecule has 0 atom stereocenters. The summed E-state index contributed by atoms with van der Waals surface area (Å²) >= 11 is 0. The molecule has 0 radical (unpaired) electrons. The highest BCUT2D eigenvalue weighted by Gasteiger charge is 2.26. The Hall–Kier alpha value is -0.910. The van der Waals surface area contributed by atoms with Crippen molar-refractivity contribution in [3.63, 3.8) is 0 Å². The van der Waals surface area contributed by atoms with E-state index in [0.717, 1.165) is 18.4 Å². The molecule has 0 aliphatic carbocycles. The average Bonchev–Trinajstić information content (AvgIpc) is 2.40. The fourth-order valence-electron chi connectivity index (χ4n) is 1.06. The number of hydrogen-bond acceptors (Lipinski definition) is 5. The molecule has 0 heterocycles. The average molecular weight is 288 g/mol. The van der Waals surface area contributed by atoms with Gasteiger partial charge in [0.25, 0.3) is 0 Å². The maximum atomic E-state index is 11.6. The van der Waals surface area contributed by atoms with Gasteiger partial charge in [0.2, 0.25) is 0 Å². The van der Waals surface area contributed by atoms with E-state index in [1.165, 1.54) is 0 Å². The van der Waals surface area contributed by atoms with E-state index in [1.54, 1.807) is 0 Å². The molecule has 0 unspecified atom stereocenters. The lowest BCUT2D eigenvalue weighted by molar-refractivity contribution is -0.289. The minimum Gasteiger partial charge on any atom is -0.463 e. The van der Waals surface area contributed by atoms with Crippen LogP contribution in [0.1, 0.15) is 40.5 Å². The van der Waals surface area contributed by atoms with E-state index in [0.29, 0.717) is 26.4 Å². The predicted molar refractivity (Wildman–Crippen MR) is 77.2 cm³/mol. The van der Waals surface area contributed by atoms with Crippen LogP contribution in [0.15, 0.2) is 12.2 Å². The molecular weight excluding hydrogens is 260 g/mol. The van der Waals surface area contributed by atoms with Crippen molar-refractivity contribution < 1.29 is 24.0 Å². The van der Waals surface area contributed by atoms with Crippen LogP contribution in [0, 0.1) is 5.41 Å². The lowest BCUT2D eigenvalue weighted by Gasteiger charge is -2.20. The zero-order valence-electron chi connectivity index (χ0n) is 13.2. The van der Waals surface area contributed by atoms with Gasteiger partial charge in [0.15, 0.2) is 0 Å². The lowest BCUT2D eigenvalue weighted by Crippen LogP contribution is -2.27. The summed E-state index contributed by atoms with van der Waals surface area (Å²) in [7, 11) is 0. The summed E-state index contributed by atoms with van der Waals surface area (Å²) < 4.78 is 10.5. The van der Waals surface area contributed by atoms with Crippen LogP contribution in [0.3, 0.4) is 0 Å². The van der Waals surface area contributed by atoms with Gasteiger partial charge in [-0.05, 0) is 33.6 Å². The van der Waals surface area contributed by atoms with Gasteiger partial charge in [0.05, 0.1) is 18.6 Å². The molecule has 0 aromatic rings. The molecule has 5 nitrogen and oxygen atoms in total. The maximum Gasteiger partial charge on any atom is 0.311 e. The largest absolute Gasteiger partial charge is 0.463 e. The van der Waals surface area contributed by atoms with Crippen LogP contribution in [-0.4, -0.2) is 39.0 Å². The molecule has 0 rings (SSSR count). The van der Waals surface area contributed by atoms with Gasteiger partial charge in [-0.2, -0.15) is 0 Å². The van der Waals surface area contributed by atoms with E-state index in [4.69, 9.17) is 19.2 Å². The molecule has 0 saturated heterocycles. The Morgan fingerprint density at radius 1 is 1.10 bits per heavy atom. The first-order valence-electron chi connectivity index (χ1n) is 7.04. The van der Waals surface area contributed by atoms with Crippen LogP contribution < -0.4 is 0 Å². The van der Waals surface area contributed by atoms with Crippen LogP contribution in [0.25, 0.3) is 0 Å². The Labute approximate surface area is 122 Å². The second-order valence-corrected chi connectivity index (χ2v) is 5.38. The lowest BCUT2D eigenvalue weighted by atomic mass is 9.91. The molecule has 0 aromatic carbocycles. The predicted octanol–water partition coefficient (Wildman–Crippen LogP) is 2.90. The van der Waals surface area contributed by atoms with Crippen molar-refractivity contribution in [2.75, 3.05) is 33.0 Å². The molecule has 0 N–H and O–H groups in total. The Kier molecular flexibility index (Phi) is 10.3. The van der Waals surface area contributed by atoms with Crippen LogP contribution in [-0.2, 0) is 24.0 Å². The first-order valence-corrected chi connectivity index (χ1v) is 7.04. The van der Waals surface area contributed by atoms with Gasteiger partial charge < -0.3 is 9.47 Å². The number of ether oxygens (including phenoxy) is 2. The summed E-state index contributed by atoms with van der Waals surface area (Å²) in [6, 6.07) is 0. The van der Waals surface area contributed by atoms with Gasteiger partial charge in [-0.1, -0.05) is 19.1 Å². The Bertz CT molecular complexity index is 286. The molecule has 0 saturated carbocycles. The number of esters is 1. The fourth-order valence-corrected chi connectivity index (χ4v) is 1.06. The topological polar surface area (TPSA) is 54.0 Å². The molecule has 0 aliphatic rings. The number of carbonyl (C=O) groups is 1. The number of hydrogen-bond donors (Lipinski definition) is 0. The summed E-state index contributed by atoms with van der Waals surface area (Å²) in [4.78, 5) is 21.4. The maximum absolute atomic E-state index is 11.6. The van der Waals surface area contributed by atoms with E-state index in [1.807, 2.05) is 27.7 Å². The highest BCUT2D eigenvalue weighted by Crippen LogP contribution is 2.21. The van der Waals surface area contributed by atoms with Crippen molar-refractivity contribution in [3.05, 3.63) is 12.2 Å². The minimum absolute atomic E-state index is 0.180. The summed E-state index contributed by atoms with van der Waals surface area (Å²) in [5, 5.41) is 0. The van der Waals surface area contributed by atoms with Crippen LogP contribution in [0.4, 0.5) is 0 Å². The second kappa shape index (κ2) is 10.8. The molecule has 0 spiro atoms. The van der Waals surface area contributed by atoms with Gasteiger partial charge in [-0.3, -0.25) is 4.79 Å². The van der Waals surface area contributed by atoms with E-state index >= 15 is 0 Å². The molecule has 0 fully saturated rings. The van der Waals surface area contributed by atoms with Crippen LogP contribution in [0.5, 0.6) is 0 Å². The third-order valence-corrected chi connectivity index (χ3v) is 2.80. The third-order valence-electron chi connectivity index (χ3n) is 2.80. The molecule has 20 heavy (non-hydrogen) atoms. The van der Waals surface area contributed by atoms with E-state index in [2.05, 4.69) is 6.58 Å². The fraction of sp³-hybridized carbons (Fsp3) is 0.800. The van der Waals surface area contributed by atoms with E-state index in [9.17, 15) is 4.79 Å². The standard InChI is InChI=1S/C15H28O5/c1-6-15(4,5)14(16)18-11-10-17-8-7-9-19-20-12-13(2)3/h2,6-12H2,1,3-5H3. The Morgan fingerprint density at radius 3 is 2.40 bits per heavy atom. The summed E-state index contributed by atoms with van der Waals surface area (Å²) in [6.45, 7) is 13.4. The summed E-state index contributed by atoms with van der Waals surface area (Å²) in [6.07, 6.45) is 1.48. The normalized spacial score (nSPS) is 11.4. The van der Waals surface area contributed by atoms with Gasteiger partial charge in [-0.15, -0.1) is 0 Å². The molecule has 0 aliphatic heterocycles. The van der Waals surface area contributed by atoms with Crippen molar-refractivity contribution in [3.8, 4) is 0 Å². The number of rotatable bonds is 12. The highest BCUT2D eigenvalue weighted by molar-refractivity contribution is 5.75. The molecule has 0 aromatic heterocycles. The zero-order chi connectivity index (χ0) is 15.4. The quantitative estimate of drug-likeness (QED) is 0.182. The van der Waals surface area contributed by atoms with Crippen molar-refractivity contribution in [1.29, 1.82) is 0 Å².